The Kier molecular flexibility index (Phi) is 13.9. The number of carboxylic acid groups (broad SMARTS) is 1. The molecule has 1 aliphatic carbocycles. The summed E-state index contributed by atoms with van der Waals surface area (Å²) in [6.07, 6.45) is 11.5. The number of carboxylic acids is 1. The minimum atomic E-state index is -0.976. The van der Waals surface area contributed by atoms with Crippen LogP contribution in [-0.4, -0.2) is 53.6 Å². The number of carbonyl (C=O) groups is 2. The molecule has 198 valence electrons. The number of amides is 1. The molecule has 1 amide bonds. The number of thioether (sulfide) groups is 1. The molecule has 0 heterocycles. The average Bonchev–Trinajstić information content (AvgIpc) is 2.89. The molecule has 5 nitrogen and oxygen atoms in total. The van der Waals surface area contributed by atoms with Crippen LogP contribution >= 0.6 is 11.8 Å². The van der Waals surface area contributed by atoms with Crippen LogP contribution in [-0.2, 0) is 16.1 Å². The monoisotopic (exact) mass is 519 g/mol. The predicted octanol–water partition coefficient (Wildman–Crippen LogP) is 3.93. The second-order valence-electron chi connectivity index (χ2n) is 9.95. The normalized spacial score (nSPS) is 14.6. The van der Waals surface area contributed by atoms with Crippen molar-refractivity contribution in [3.63, 3.8) is 0 Å². The van der Waals surface area contributed by atoms with Crippen LogP contribution in [0.25, 0.3) is 11.1 Å². The molecule has 2 aromatic rings. The molecule has 1 fully saturated rings. The van der Waals surface area contributed by atoms with Crippen LogP contribution in [0.1, 0.15) is 74.3 Å². The number of ether oxygens (including phenoxy) is 1. The SMILES string of the molecule is CSCCC(C(=O)O)N(C)C(=O)c1ccc(COCCCC2CCCCC2)cc1-c1ccccc1C.[H-].[Li+]. The van der Waals surface area contributed by atoms with Gasteiger partial charge in [-0.15, -0.1) is 0 Å². The Balaban J connectivity index is 0.00000361. The Bertz CT molecular complexity index is 1020. The molecular weight excluding hydrogens is 477 g/mol. The minimum absolute atomic E-state index is 0. The summed E-state index contributed by atoms with van der Waals surface area (Å²) < 4.78 is 6.02. The summed E-state index contributed by atoms with van der Waals surface area (Å²) in [6.45, 7) is 3.27. The van der Waals surface area contributed by atoms with Crippen molar-refractivity contribution in [2.24, 2.45) is 5.92 Å². The first kappa shape index (κ1) is 31.5. The van der Waals surface area contributed by atoms with Gasteiger partial charge in [-0.2, -0.15) is 11.8 Å². The van der Waals surface area contributed by atoms with E-state index in [0.29, 0.717) is 24.3 Å². The van der Waals surface area contributed by atoms with Crippen molar-refractivity contribution < 1.29 is 39.7 Å². The summed E-state index contributed by atoms with van der Waals surface area (Å²) in [7, 11) is 1.59. The molecule has 7 heteroatoms. The van der Waals surface area contributed by atoms with Crippen LogP contribution < -0.4 is 18.9 Å². The molecule has 1 saturated carbocycles. The van der Waals surface area contributed by atoms with Crippen molar-refractivity contribution in [1.82, 2.24) is 4.90 Å². The van der Waals surface area contributed by atoms with E-state index in [2.05, 4.69) is 0 Å². The second kappa shape index (κ2) is 16.3. The quantitative estimate of drug-likeness (QED) is 0.321. The molecule has 2 aromatic carbocycles. The van der Waals surface area contributed by atoms with E-state index >= 15 is 0 Å². The summed E-state index contributed by atoms with van der Waals surface area (Å²) in [4.78, 5) is 26.8. The summed E-state index contributed by atoms with van der Waals surface area (Å²) >= 11 is 1.58. The van der Waals surface area contributed by atoms with Crippen LogP contribution in [0.3, 0.4) is 0 Å². The Morgan fingerprint density at radius 1 is 1.14 bits per heavy atom. The molecule has 0 saturated heterocycles. The number of hydrogen-bond acceptors (Lipinski definition) is 4. The van der Waals surface area contributed by atoms with Gasteiger partial charge in [-0.3, -0.25) is 4.79 Å². The Morgan fingerprint density at radius 3 is 2.54 bits per heavy atom. The molecular formula is C30H42LiNO4S. The van der Waals surface area contributed by atoms with Gasteiger partial charge in [0.15, 0.2) is 0 Å². The van der Waals surface area contributed by atoms with Crippen molar-refractivity contribution >= 4 is 23.6 Å². The Labute approximate surface area is 240 Å². The van der Waals surface area contributed by atoms with Crippen LogP contribution in [0.15, 0.2) is 42.5 Å². The van der Waals surface area contributed by atoms with E-state index in [0.717, 1.165) is 41.2 Å². The number of likely N-dealkylation sites (N-methyl/N-ethyl adjacent to an activating group) is 1. The van der Waals surface area contributed by atoms with Crippen molar-refractivity contribution in [2.75, 3.05) is 25.7 Å². The molecule has 1 unspecified atom stereocenters. The topological polar surface area (TPSA) is 66.8 Å². The third-order valence-electron chi connectivity index (χ3n) is 7.31. The molecule has 3 rings (SSSR count). The fraction of sp³-hybridized carbons (Fsp3) is 0.533. The van der Waals surface area contributed by atoms with Gasteiger partial charge in [-0.25, -0.2) is 4.79 Å². The molecule has 0 bridgehead atoms. The van der Waals surface area contributed by atoms with Gasteiger partial charge < -0.3 is 16.2 Å². The zero-order valence-corrected chi connectivity index (χ0v) is 23.8. The van der Waals surface area contributed by atoms with Crippen molar-refractivity contribution in [3.8, 4) is 11.1 Å². The summed E-state index contributed by atoms with van der Waals surface area (Å²) in [5, 5.41) is 9.74. The minimum Gasteiger partial charge on any atom is -1.00 e. The maximum Gasteiger partial charge on any atom is 1.00 e. The summed E-state index contributed by atoms with van der Waals surface area (Å²) in [6, 6.07) is 12.9. The van der Waals surface area contributed by atoms with E-state index in [-0.39, 0.29) is 26.2 Å². The Hall–Kier alpha value is -1.71. The van der Waals surface area contributed by atoms with Gasteiger partial charge in [0.05, 0.1) is 6.61 Å². The molecule has 37 heavy (non-hydrogen) atoms. The van der Waals surface area contributed by atoms with Crippen LogP contribution in [0.4, 0.5) is 0 Å². The first-order valence-electron chi connectivity index (χ1n) is 13.2. The fourth-order valence-electron chi connectivity index (χ4n) is 5.15. The molecule has 1 aliphatic rings. The number of carbonyl (C=O) groups excluding carboxylic acids is 1. The van der Waals surface area contributed by atoms with Crippen LogP contribution in [0.5, 0.6) is 0 Å². The van der Waals surface area contributed by atoms with Gasteiger partial charge in [0.25, 0.3) is 5.91 Å². The van der Waals surface area contributed by atoms with E-state index in [4.69, 9.17) is 4.74 Å². The third-order valence-corrected chi connectivity index (χ3v) is 7.96. The van der Waals surface area contributed by atoms with E-state index in [1.165, 1.54) is 43.4 Å². The first-order valence-corrected chi connectivity index (χ1v) is 14.6. The van der Waals surface area contributed by atoms with Gasteiger partial charge in [0.1, 0.15) is 6.04 Å². The average molecular weight is 520 g/mol. The standard InChI is InChI=1S/C30H41NO4S.Li.H/c1-22-10-7-8-14-25(22)27-20-24(21-35-18-9-13-23-11-5-4-6-12-23)15-16-26(27)29(32)31(2)28(30(33)34)17-19-36-3;;/h7-8,10,14-16,20,23,28H,4-6,9,11-13,17-19,21H2,1-3H3,(H,33,34);;/q;+1;-1. The smallest absolute Gasteiger partial charge is 1.00 e. The molecule has 1 N–H and O–H groups in total. The summed E-state index contributed by atoms with van der Waals surface area (Å²) in [5.41, 5.74) is 4.40. The molecule has 0 aliphatic heterocycles. The third kappa shape index (κ3) is 9.21. The number of hydrogen-bond donors (Lipinski definition) is 1. The largest absolute Gasteiger partial charge is 1.00 e. The van der Waals surface area contributed by atoms with Gasteiger partial charge in [-0.1, -0.05) is 62.4 Å². The van der Waals surface area contributed by atoms with Gasteiger partial charge in [0, 0.05) is 19.2 Å². The van der Waals surface area contributed by atoms with E-state index < -0.39 is 12.0 Å². The van der Waals surface area contributed by atoms with Crippen LogP contribution in [0, 0.1) is 12.8 Å². The number of aryl methyl sites for hydroxylation is 1. The summed E-state index contributed by atoms with van der Waals surface area (Å²) in [5.74, 6) is 0.288. The zero-order chi connectivity index (χ0) is 25.9. The van der Waals surface area contributed by atoms with Crippen molar-refractivity contribution in [2.45, 2.75) is 70.9 Å². The van der Waals surface area contributed by atoms with E-state index in [1.807, 2.05) is 55.6 Å². The van der Waals surface area contributed by atoms with Crippen molar-refractivity contribution in [3.05, 3.63) is 59.2 Å². The maximum absolute atomic E-state index is 13.5. The van der Waals surface area contributed by atoms with E-state index in [9.17, 15) is 14.7 Å². The number of rotatable bonds is 13. The van der Waals surface area contributed by atoms with Crippen molar-refractivity contribution in [1.29, 1.82) is 0 Å². The van der Waals surface area contributed by atoms with E-state index in [1.54, 1.807) is 18.8 Å². The molecule has 0 radical (unpaired) electrons. The van der Waals surface area contributed by atoms with Gasteiger partial charge in [-0.05, 0) is 78.5 Å². The molecule has 0 spiro atoms. The zero-order valence-electron chi connectivity index (χ0n) is 24.0. The maximum atomic E-state index is 13.5. The fourth-order valence-corrected chi connectivity index (χ4v) is 5.61. The first-order chi connectivity index (χ1) is 17.4. The number of benzene rings is 2. The number of aliphatic carboxylic acids is 1. The molecule has 1 atom stereocenters. The Morgan fingerprint density at radius 2 is 1.86 bits per heavy atom. The van der Waals surface area contributed by atoms with Crippen LogP contribution in [0.2, 0.25) is 0 Å². The number of nitrogens with zero attached hydrogens (tertiary/aromatic N) is 1. The van der Waals surface area contributed by atoms with Gasteiger partial charge in [0.2, 0.25) is 0 Å². The second-order valence-corrected chi connectivity index (χ2v) is 10.9. The molecule has 0 aromatic heterocycles. The predicted molar refractivity (Wildman–Crippen MR) is 150 cm³/mol. The van der Waals surface area contributed by atoms with Gasteiger partial charge >= 0.3 is 24.8 Å².